The number of nitrogens with zero attached hydrogens (tertiary/aromatic N) is 6. The van der Waals surface area contributed by atoms with Gasteiger partial charge in [-0.3, -0.25) is 0 Å². The number of likely N-dealkylation sites (tertiary alicyclic amines) is 2. The van der Waals surface area contributed by atoms with Gasteiger partial charge in [0, 0.05) is 69.7 Å². The first-order chi connectivity index (χ1) is 32.0. The van der Waals surface area contributed by atoms with Gasteiger partial charge in [-0.25, -0.2) is 9.59 Å². The molecule has 0 atom stereocenters. The Bertz CT molecular complexity index is 2140. The second-order valence-corrected chi connectivity index (χ2v) is 19.9. The van der Waals surface area contributed by atoms with E-state index in [1.807, 2.05) is 46.2 Å². The van der Waals surface area contributed by atoms with E-state index in [9.17, 15) is 20.1 Å². The van der Waals surface area contributed by atoms with Crippen LogP contribution in [0.4, 0.5) is 21.0 Å². The van der Waals surface area contributed by atoms with E-state index in [-0.39, 0.29) is 24.1 Å². The fourth-order valence-corrected chi connectivity index (χ4v) is 11.3. The molecule has 0 unspecified atom stereocenters. The molecule has 4 aliphatic rings. The highest BCUT2D eigenvalue weighted by molar-refractivity contribution is 6.35. The Hall–Kier alpha value is -4.52. The van der Waals surface area contributed by atoms with Gasteiger partial charge in [0.2, 0.25) is 0 Å². The Morgan fingerprint density at radius 1 is 0.530 bits per heavy atom. The Kier molecular flexibility index (Phi) is 18.3. The van der Waals surface area contributed by atoms with Crippen LogP contribution in [0.2, 0.25) is 20.1 Å². The van der Waals surface area contributed by atoms with Crippen LogP contribution in [0.3, 0.4) is 0 Å². The minimum absolute atomic E-state index is 0.0949. The molecule has 0 spiro atoms. The number of nitrogens with one attached hydrogen (secondary N) is 2. The molecule has 8 rings (SSSR count). The van der Waals surface area contributed by atoms with E-state index >= 15 is 0 Å². The lowest BCUT2D eigenvalue weighted by Gasteiger charge is -2.38. The summed E-state index contributed by atoms with van der Waals surface area (Å²) < 4.78 is 0. The molecule has 66 heavy (non-hydrogen) atoms. The molecule has 4 aromatic rings. The van der Waals surface area contributed by atoms with Crippen LogP contribution in [-0.4, -0.2) is 96.1 Å². The number of hydrogen-bond donors (Lipinski definition) is 2. The summed E-state index contributed by atoms with van der Waals surface area (Å²) in [6.07, 6.45) is 12.8. The molecule has 4 aromatic carbocycles. The molecule has 2 N–H and O–H groups in total. The normalized spacial score (nSPS) is 20.9. The van der Waals surface area contributed by atoms with Crippen molar-refractivity contribution < 1.29 is 9.59 Å². The van der Waals surface area contributed by atoms with Gasteiger partial charge >= 0.3 is 12.1 Å². The summed E-state index contributed by atoms with van der Waals surface area (Å²) in [6.45, 7) is 7.66. The zero-order valence-corrected chi connectivity index (χ0v) is 40.6. The molecule has 2 aliphatic heterocycles. The number of carbonyl (C=O) groups excluding carboxylic acids is 2. The quantitative estimate of drug-likeness (QED) is 0.146. The van der Waals surface area contributed by atoms with Gasteiger partial charge < -0.3 is 30.2 Å². The van der Waals surface area contributed by atoms with Crippen molar-refractivity contribution in [1.29, 1.82) is 10.5 Å². The van der Waals surface area contributed by atoms with E-state index < -0.39 is 0 Å². The molecule has 0 bridgehead atoms. The van der Waals surface area contributed by atoms with Gasteiger partial charge in [-0.2, -0.15) is 10.5 Å². The van der Waals surface area contributed by atoms with Gasteiger partial charge in [-0.05, 0) is 187 Å². The smallest absolute Gasteiger partial charge is 0.320 e. The standard InChI is InChI=1S/2C26H30Cl2N4O/c2*27-22-15-23(28)17-24(16-22)30-26(33)32(13-12-31-10-1-2-11-31)25-8-6-20(7-9-25)21-5-3-4-19(14-21)18-29/h2*3-5,14-17,20,25H,1-2,6-13H2,(H,30,33). The number of nitriles is 2. The number of rotatable bonds is 12. The average Bonchev–Trinajstić information content (AvgIpc) is 4.05. The Labute approximate surface area is 410 Å². The van der Waals surface area contributed by atoms with Crippen molar-refractivity contribution >= 4 is 69.8 Å². The summed E-state index contributed by atoms with van der Waals surface area (Å²) in [5, 5.41) is 26.5. The number of hydrogen-bond acceptors (Lipinski definition) is 6. The van der Waals surface area contributed by atoms with E-state index in [1.165, 1.54) is 36.8 Å². The molecular weight excluding hydrogens is 910 g/mol. The molecule has 0 radical (unpaired) electrons. The molecule has 2 heterocycles. The topological polar surface area (TPSA) is 119 Å². The van der Waals surface area contributed by atoms with Gasteiger partial charge in [0.1, 0.15) is 0 Å². The van der Waals surface area contributed by atoms with Crippen LogP contribution in [0.5, 0.6) is 0 Å². The molecule has 4 amide bonds. The lowest BCUT2D eigenvalue weighted by Crippen LogP contribution is -2.47. The number of urea groups is 2. The fourth-order valence-electron chi connectivity index (χ4n) is 10.2. The predicted octanol–water partition coefficient (Wildman–Crippen LogP) is 13.0. The lowest BCUT2D eigenvalue weighted by molar-refractivity contribution is 0.151. The minimum atomic E-state index is -0.0949. The second kappa shape index (κ2) is 24.5. The minimum Gasteiger partial charge on any atom is -0.320 e. The van der Waals surface area contributed by atoms with Crippen LogP contribution in [-0.2, 0) is 0 Å². The zero-order chi connectivity index (χ0) is 46.4. The fraction of sp³-hybridized carbons (Fsp3) is 0.462. The molecular formula is C52H60Cl4N8O2. The highest BCUT2D eigenvalue weighted by Gasteiger charge is 2.32. The molecule has 10 nitrogen and oxygen atoms in total. The summed E-state index contributed by atoms with van der Waals surface area (Å²) in [7, 11) is 0. The van der Waals surface area contributed by atoms with Crippen molar-refractivity contribution in [2.75, 3.05) is 63.0 Å². The highest BCUT2D eigenvalue weighted by Crippen LogP contribution is 2.37. The SMILES string of the molecule is N#Cc1cccc(C2CCC(N(CCN3CCCC3)C(=O)Nc3cc(Cl)cc(Cl)c3)CC2)c1.N#Cc1cccc(C2CCC(N(CCN3CCCC3)C(=O)Nc3cc(Cl)cc(Cl)c3)CC2)c1. The molecule has 348 valence electrons. The summed E-state index contributed by atoms with van der Waals surface area (Å²) in [6, 6.07) is 30.8. The Balaban J connectivity index is 0.000000196. The molecule has 4 fully saturated rings. The maximum Gasteiger partial charge on any atom is 0.322 e. The van der Waals surface area contributed by atoms with Crippen molar-refractivity contribution in [1.82, 2.24) is 19.6 Å². The number of anilines is 2. The van der Waals surface area contributed by atoms with Crippen LogP contribution in [0.25, 0.3) is 0 Å². The van der Waals surface area contributed by atoms with Gasteiger partial charge in [-0.15, -0.1) is 0 Å². The summed E-state index contributed by atoms with van der Waals surface area (Å²) in [5.41, 5.74) is 5.11. The van der Waals surface area contributed by atoms with Gasteiger partial charge in [0.05, 0.1) is 23.3 Å². The van der Waals surface area contributed by atoms with Crippen molar-refractivity contribution in [3.8, 4) is 12.1 Å². The monoisotopic (exact) mass is 968 g/mol. The van der Waals surface area contributed by atoms with E-state index in [4.69, 9.17) is 46.4 Å². The first-order valence-corrected chi connectivity index (χ1v) is 25.1. The number of amides is 4. The van der Waals surface area contributed by atoms with Crippen molar-refractivity contribution in [2.45, 2.75) is 101 Å². The summed E-state index contributed by atoms with van der Waals surface area (Å²) in [4.78, 5) is 35.6. The molecule has 2 saturated heterocycles. The van der Waals surface area contributed by atoms with Gasteiger partial charge in [-0.1, -0.05) is 70.7 Å². The maximum absolute atomic E-state index is 13.3. The van der Waals surface area contributed by atoms with E-state index in [0.29, 0.717) is 67.5 Å². The third-order valence-corrected chi connectivity index (χ3v) is 14.6. The van der Waals surface area contributed by atoms with E-state index in [2.05, 4.69) is 44.7 Å². The third-order valence-electron chi connectivity index (χ3n) is 13.7. The van der Waals surface area contributed by atoms with Gasteiger partial charge in [0.25, 0.3) is 0 Å². The van der Waals surface area contributed by atoms with Crippen LogP contribution in [0.15, 0.2) is 84.9 Å². The van der Waals surface area contributed by atoms with Crippen molar-refractivity contribution in [3.63, 3.8) is 0 Å². The molecule has 2 saturated carbocycles. The average molecular weight is 971 g/mol. The maximum atomic E-state index is 13.3. The van der Waals surface area contributed by atoms with Crippen LogP contribution >= 0.6 is 46.4 Å². The number of carbonyl (C=O) groups is 2. The first-order valence-electron chi connectivity index (χ1n) is 23.6. The zero-order valence-electron chi connectivity index (χ0n) is 37.5. The van der Waals surface area contributed by atoms with E-state index in [1.54, 1.807) is 36.4 Å². The van der Waals surface area contributed by atoms with Crippen molar-refractivity contribution in [3.05, 3.63) is 127 Å². The number of halogens is 4. The Morgan fingerprint density at radius 2 is 0.879 bits per heavy atom. The first kappa shape index (κ1) is 49.4. The number of benzene rings is 4. The Morgan fingerprint density at radius 3 is 1.21 bits per heavy atom. The van der Waals surface area contributed by atoms with E-state index in [0.717, 1.165) is 90.6 Å². The highest BCUT2D eigenvalue weighted by atomic mass is 35.5. The third kappa shape index (κ3) is 14.2. The van der Waals surface area contributed by atoms with Gasteiger partial charge in [0.15, 0.2) is 0 Å². The van der Waals surface area contributed by atoms with Crippen molar-refractivity contribution in [2.24, 2.45) is 0 Å². The lowest BCUT2D eigenvalue weighted by atomic mass is 9.81. The summed E-state index contributed by atoms with van der Waals surface area (Å²) in [5.74, 6) is 0.870. The van der Waals surface area contributed by atoms with Crippen LogP contribution in [0.1, 0.15) is 111 Å². The predicted molar refractivity (Wildman–Crippen MR) is 268 cm³/mol. The van der Waals surface area contributed by atoms with Crippen LogP contribution < -0.4 is 10.6 Å². The largest absolute Gasteiger partial charge is 0.322 e. The summed E-state index contributed by atoms with van der Waals surface area (Å²) >= 11 is 24.5. The molecule has 14 heteroatoms. The molecule has 0 aromatic heterocycles. The van der Waals surface area contributed by atoms with Crippen LogP contribution in [0, 0.1) is 22.7 Å². The molecule has 2 aliphatic carbocycles. The second-order valence-electron chi connectivity index (χ2n) is 18.1.